The predicted octanol–water partition coefficient (Wildman–Crippen LogP) is 5.52. The molecule has 3 heterocycles. The van der Waals surface area contributed by atoms with Crippen LogP contribution >= 0.6 is 43.5 Å². The molecule has 2 aromatic heterocycles. The number of nitrogens with zero attached hydrogens (tertiary/aromatic N) is 4. The first-order valence-corrected chi connectivity index (χ1v) is 9.12. The number of hydrogen-bond acceptors (Lipinski definition) is 4. The number of para-hydroxylation sites is 1. The van der Waals surface area contributed by atoms with Crippen LogP contribution in [0, 0.1) is 0 Å². The van der Waals surface area contributed by atoms with Gasteiger partial charge in [-0.1, -0.05) is 24.2 Å². The molecule has 0 radical (unpaired) electrons. The normalized spacial score (nSPS) is 13.2. The van der Waals surface area contributed by atoms with Gasteiger partial charge in [0.2, 0.25) is 5.90 Å². The lowest BCUT2D eigenvalue weighted by molar-refractivity contribution is 0.500. The molecule has 0 bridgehead atoms. The van der Waals surface area contributed by atoms with Gasteiger partial charge in [0, 0.05) is 22.3 Å². The molecule has 5 nitrogen and oxygen atoms in total. The van der Waals surface area contributed by atoms with E-state index < -0.39 is 0 Å². The highest BCUT2D eigenvalue weighted by molar-refractivity contribution is 9.10. The van der Waals surface area contributed by atoms with Crippen molar-refractivity contribution in [3.05, 3.63) is 74.5 Å². The zero-order valence-corrected chi connectivity index (χ0v) is 16.5. The van der Waals surface area contributed by atoms with Gasteiger partial charge in [0.25, 0.3) is 0 Å². The van der Waals surface area contributed by atoms with Crippen LogP contribution in [0.25, 0.3) is 11.6 Å². The first kappa shape index (κ1) is 16.5. The van der Waals surface area contributed by atoms with Crippen molar-refractivity contribution in [2.75, 3.05) is 0 Å². The quantitative estimate of drug-likeness (QED) is 0.485. The molecule has 0 N–H and O–H groups in total. The molecule has 3 aromatic rings. The van der Waals surface area contributed by atoms with E-state index >= 15 is 0 Å². The smallest absolute Gasteiger partial charge is 0.246 e. The Labute approximate surface area is 165 Å². The van der Waals surface area contributed by atoms with Gasteiger partial charge in [0.15, 0.2) is 5.82 Å². The Morgan fingerprint density at radius 3 is 2.80 bits per heavy atom. The van der Waals surface area contributed by atoms with Crippen molar-refractivity contribution >= 4 is 60.8 Å². The summed E-state index contributed by atoms with van der Waals surface area (Å²) in [4.78, 5) is 8.93. The molecule has 8 heteroatoms. The van der Waals surface area contributed by atoms with Crippen LogP contribution in [0.1, 0.15) is 11.3 Å². The van der Waals surface area contributed by atoms with Crippen molar-refractivity contribution < 1.29 is 4.74 Å². The third kappa shape index (κ3) is 2.92. The fourth-order valence-corrected chi connectivity index (χ4v) is 3.49. The number of aromatic nitrogens is 3. The van der Waals surface area contributed by atoms with E-state index in [1.807, 2.05) is 18.2 Å². The zero-order valence-electron chi connectivity index (χ0n) is 12.6. The lowest BCUT2D eigenvalue weighted by atomic mass is 10.1. The fraction of sp³-hybridized carbons (Fsp3) is 0. The second-order valence-electron chi connectivity index (χ2n) is 5.15. The largest absolute Gasteiger partial charge is 0.437 e. The number of halogens is 3. The maximum Gasteiger partial charge on any atom is 0.246 e. The summed E-state index contributed by atoms with van der Waals surface area (Å²) < 4.78 is 8.90. The van der Waals surface area contributed by atoms with Gasteiger partial charge < -0.3 is 4.74 Å². The Bertz CT molecular complexity index is 1040. The van der Waals surface area contributed by atoms with Gasteiger partial charge in [-0.05, 0) is 56.1 Å². The van der Waals surface area contributed by atoms with E-state index in [4.69, 9.17) is 16.3 Å². The van der Waals surface area contributed by atoms with E-state index in [9.17, 15) is 0 Å². The zero-order chi connectivity index (χ0) is 17.6. The van der Waals surface area contributed by atoms with Gasteiger partial charge in [0.1, 0.15) is 16.1 Å². The average Bonchev–Trinajstić information content (AvgIpc) is 2.98. The summed E-state index contributed by atoms with van der Waals surface area (Å²) in [7, 11) is 0. The number of benzene rings is 1. The van der Waals surface area contributed by atoms with Gasteiger partial charge in [-0.15, -0.1) is 0 Å². The maximum absolute atomic E-state index is 6.27. The summed E-state index contributed by atoms with van der Waals surface area (Å²) >= 11 is 13.2. The Kier molecular flexibility index (Phi) is 4.23. The van der Waals surface area contributed by atoms with E-state index in [0.717, 1.165) is 15.7 Å². The molecule has 4 rings (SSSR count). The minimum atomic E-state index is 0.365. The summed E-state index contributed by atoms with van der Waals surface area (Å²) in [5.74, 6) is 1.36. The maximum atomic E-state index is 6.27. The molecule has 0 atom stereocenters. The number of aliphatic imine (C=N–C) groups is 1. The van der Waals surface area contributed by atoms with Crippen molar-refractivity contribution in [2.45, 2.75) is 0 Å². The van der Waals surface area contributed by atoms with Gasteiger partial charge in [-0.25, -0.2) is 14.7 Å². The van der Waals surface area contributed by atoms with Gasteiger partial charge in [-0.2, -0.15) is 5.10 Å². The third-order valence-corrected chi connectivity index (χ3v) is 4.88. The monoisotopic (exact) mass is 478 g/mol. The molecule has 0 amide bonds. The average molecular weight is 481 g/mol. The molecule has 0 aliphatic carbocycles. The SMILES string of the molecule is C=C1OC(c2cc(Br)nn2-c2ncccc2Cl)=Nc2c(Br)cccc21. The molecular weight excluding hydrogens is 471 g/mol. The summed E-state index contributed by atoms with van der Waals surface area (Å²) in [5.41, 5.74) is 2.19. The van der Waals surface area contributed by atoms with Gasteiger partial charge >= 0.3 is 0 Å². The van der Waals surface area contributed by atoms with Crippen molar-refractivity contribution in [3.8, 4) is 5.82 Å². The molecule has 1 aliphatic rings. The van der Waals surface area contributed by atoms with Crippen molar-refractivity contribution in [2.24, 2.45) is 4.99 Å². The highest BCUT2D eigenvalue weighted by Gasteiger charge is 2.25. The van der Waals surface area contributed by atoms with Crippen LogP contribution < -0.4 is 0 Å². The van der Waals surface area contributed by atoms with Crippen LogP contribution in [0.4, 0.5) is 5.69 Å². The molecule has 124 valence electrons. The predicted molar refractivity (Wildman–Crippen MR) is 105 cm³/mol. The number of fused-ring (bicyclic) bond motifs is 1. The molecule has 0 fully saturated rings. The highest BCUT2D eigenvalue weighted by Crippen LogP contribution is 2.38. The molecular formula is C17H9Br2ClN4O. The van der Waals surface area contributed by atoms with Crippen LogP contribution in [-0.4, -0.2) is 20.7 Å². The van der Waals surface area contributed by atoms with Crippen LogP contribution in [0.15, 0.2) is 63.2 Å². The number of ether oxygens (including phenoxy) is 1. The Morgan fingerprint density at radius 1 is 1.16 bits per heavy atom. The van der Waals surface area contributed by atoms with Gasteiger partial charge in [0.05, 0.1) is 10.7 Å². The van der Waals surface area contributed by atoms with Crippen LogP contribution in [0.2, 0.25) is 5.02 Å². The highest BCUT2D eigenvalue weighted by atomic mass is 79.9. The summed E-state index contributed by atoms with van der Waals surface area (Å²) in [6.45, 7) is 3.99. The van der Waals surface area contributed by atoms with E-state index in [1.54, 1.807) is 29.1 Å². The van der Waals surface area contributed by atoms with Crippen molar-refractivity contribution in [1.29, 1.82) is 0 Å². The number of hydrogen-bond donors (Lipinski definition) is 0. The van der Waals surface area contributed by atoms with Crippen LogP contribution in [0.5, 0.6) is 0 Å². The second-order valence-corrected chi connectivity index (χ2v) is 7.23. The van der Waals surface area contributed by atoms with E-state index in [-0.39, 0.29) is 0 Å². The van der Waals surface area contributed by atoms with Crippen LogP contribution in [0.3, 0.4) is 0 Å². The minimum Gasteiger partial charge on any atom is -0.437 e. The standard InChI is InChI=1S/C17H9Br2ClN4O/c1-9-10-4-2-5-11(18)15(10)22-17(25-9)13-8-14(19)23-24(13)16-12(20)6-3-7-21-16/h2-8H,1H2. The van der Waals surface area contributed by atoms with E-state index in [2.05, 4.69) is 53.5 Å². The number of rotatable bonds is 2. The molecule has 0 spiro atoms. The topological polar surface area (TPSA) is 52.3 Å². The first-order chi connectivity index (χ1) is 12.0. The third-order valence-electron chi connectivity index (χ3n) is 3.56. The minimum absolute atomic E-state index is 0.365. The molecule has 1 aromatic carbocycles. The second kappa shape index (κ2) is 6.40. The van der Waals surface area contributed by atoms with E-state index in [0.29, 0.717) is 32.8 Å². The number of pyridine rings is 1. The lowest BCUT2D eigenvalue weighted by Crippen LogP contribution is -2.16. The summed E-state index contributed by atoms with van der Waals surface area (Å²) in [5, 5.41) is 4.87. The molecule has 1 aliphatic heterocycles. The Morgan fingerprint density at radius 2 is 2.00 bits per heavy atom. The molecule has 25 heavy (non-hydrogen) atoms. The Hall–Kier alpha value is -1.96. The summed E-state index contributed by atoms with van der Waals surface area (Å²) in [6.07, 6.45) is 1.65. The van der Waals surface area contributed by atoms with Crippen molar-refractivity contribution in [3.63, 3.8) is 0 Å². The van der Waals surface area contributed by atoms with Crippen molar-refractivity contribution in [1.82, 2.24) is 14.8 Å². The van der Waals surface area contributed by atoms with Crippen LogP contribution in [-0.2, 0) is 4.74 Å². The molecule has 0 saturated heterocycles. The summed E-state index contributed by atoms with van der Waals surface area (Å²) in [6, 6.07) is 11.0. The Balaban J connectivity index is 1.91. The molecule has 0 saturated carbocycles. The fourth-order valence-electron chi connectivity index (χ4n) is 2.46. The van der Waals surface area contributed by atoms with Gasteiger partial charge in [-0.3, -0.25) is 0 Å². The van der Waals surface area contributed by atoms with E-state index in [1.165, 1.54) is 0 Å². The lowest BCUT2D eigenvalue weighted by Gasteiger charge is -2.19. The first-order valence-electron chi connectivity index (χ1n) is 7.16. The molecule has 0 unspecified atom stereocenters.